The van der Waals surface area contributed by atoms with Gasteiger partial charge in [-0.25, -0.2) is 9.97 Å². The molecule has 144 valence electrons. The predicted octanol–water partition coefficient (Wildman–Crippen LogP) is 3.09. The fourth-order valence-electron chi connectivity index (χ4n) is 2.66. The smallest absolute Gasteiger partial charge is 0.251 e. The summed E-state index contributed by atoms with van der Waals surface area (Å²) >= 11 is 0. The van der Waals surface area contributed by atoms with Crippen molar-refractivity contribution in [3.8, 4) is 17.3 Å². The zero-order valence-electron chi connectivity index (χ0n) is 15.9. The van der Waals surface area contributed by atoms with Gasteiger partial charge >= 0.3 is 0 Å². The second-order valence-corrected chi connectivity index (χ2v) is 6.41. The molecule has 7 nitrogen and oxygen atoms in total. The Morgan fingerprint density at radius 2 is 1.93 bits per heavy atom. The van der Waals surface area contributed by atoms with Gasteiger partial charge in [0.05, 0.1) is 0 Å². The van der Waals surface area contributed by atoms with Gasteiger partial charge in [-0.05, 0) is 50.6 Å². The SMILES string of the molecule is Cc1nc(-c2ccccn2)nc(NCCCNC(=O)c2cccc(O)c2)c1C. The van der Waals surface area contributed by atoms with Crippen LogP contribution in [-0.2, 0) is 0 Å². The number of anilines is 1. The Labute approximate surface area is 163 Å². The maximum Gasteiger partial charge on any atom is 0.251 e. The standard InChI is InChI=1S/C21H23N5O2/c1-14-15(2)25-20(18-9-3-4-10-22-18)26-19(14)23-11-6-12-24-21(28)16-7-5-8-17(27)13-16/h3-5,7-10,13,27H,6,11-12H2,1-2H3,(H,24,28)(H,23,25,26). The average Bonchev–Trinajstić information content (AvgIpc) is 2.71. The number of nitrogens with one attached hydrogen (secondary N) is 2. The number of aromatic nitrogens is 3. The van der Waals surface area contributed by atoms with Gasteiger partial charge in [0.25, 0.3) is 5.91 Å². The van der Waals surface area contributed by atoms with Gasteiger partial charge in [0, 0.05) is 36.1 Å². The molecule has 0 unspecified atom stereocenters. The first kappa shape index (κ1) is 19.3. The van der Waals surface area contributed by atoms with Crippen molar-refractivity contribution in [2.75, 3.05) is 18.4 Å². The molecule has 0 spiro atoms. The molecular formula is C21H23N5O2. The number of aromatic hydroxyl groups is 1. The first-order chi connectivity index (χ1) is 13.5. The average molecular weight is 377 g/mol. The maximum atomic E-state index is 12.1. The van der Waals surface area contributed by atoms with Crippen molar-refractivity contribution in [1.82, 2.24) is 20.3 Å². The van der Waals surface area contributed by atoms with E-state index in [0.717, 1.165) is 29.2 Å². The Morgan fingerprint density at radius 1 is 1.07 bits per heavy atom. The third kappa shape index (κ3) is 4.82. The topological polar surface area (TPSA) is 100 Å². The van der Waals surface area contributed by atoms with E-state index in [1.807, 2.05) is 32.0 Å². The van der Waals surface area contributed by atoms with E-state index in [-0.39, 0.29) is 11.7 Å². The van der Waals surface area contributed by atoms with Crippen molar-refractivity contribution in [1.29, 1.82) is 0 Å². The lowest BCUT2D eigenvalue weighted by Gasteiger charge is -2.12. The number of rotatable bonds is 7. The lowest BCUT2D eigenvalue weighted by atomic mass is 10.2. The number of carbonyl (C=O) groups excluding carboxylic acids is 1. The molecule has 0 aliphatic rings. The van der Waals surface area contributed by atoms with Crippen LogP contribution in [0, 0.1) is 13.8 Å². The van der Waals surface area contributed by atoms with Crippen molar-refractivity contribution in [3.05, 3.63) is 65.5 Å². The summed E-state index contributed by atoms with van der Waals surface area (Å²) < 4.78 is 0. The minimum atomic E-state index is -0.206. The van der Waals surface area contributed by atoms with Crippen molar-refractivity contribution < 1.29 is 9.90 Å². The third-order valence-electron chi connectivity index (χ3n) is 4.32. The number of nitrogens with zero attached hydrogens (tertiary/aromatic N) is 3. The molecule has 3 N–H and O–H groups in total. The zero-order chi connectivity index (χ0) is 19.9. The summed E-state index contributed by atoms with van der Waals surface area (Å²) in [6.45, 7) is 5.09. The number of amides is 1. The van der Waals surface area contributed by atoms with Crippen molar-refractivity contribution in [2.45, 2.75) is 20.3 Å². The van der Waals surface area contributed by atoms with Gasteiger partial charge in [0.1, 0.15) is 17.3 Å². The summed E-state index contributed by atoms with van der Waals surface area (Å²) in [4.78, 5) is 25.5. The van der Waals surface area contributed by atoms with E-state index in [2.05, 4.69) is 25.6 Å². The van der Waals surface area contributed by atoms with Crippen LogP contribution in [-0.4, -0.2) is 39.1 Å². The first-order valence-electron chi connectivity index (χ1n) is 9.12. The van der Waals surface area contributed by atoms with Crippen molar-refractivity contribution >= 4 is 11.7 Å². The normalized spacial score (nSPS) is 10.5. The van der Waals surface area contributed by atoms with Gasteiger partial charge < -0.3 is 15.7 Å². The molecule has 2 aromatic heterocycles. The number of hydrogen-bond acceptors (Lipinski definition) is 6. The summed E-state index contributed by atoms with van der Waals surface area (Å²) in [5.74, 6) is 1.23. The predicted molar refractivity (Wildman–Crippen MR) is 108 cm³/mol. The number of phenols is 1. The molecule has 0 aliphatic carbocycles. The second kappa shape index (κ2) is 8.94. The second-order valence-electron chi connectivity index (χ2n) is 6.41. The molecule has 3 rings (SSSR count). The van der Waals surface area contributed by atoms with Crippen LogP contribution in [0.1, 0.15) is 28.0 Å². The van der Waals surface area contributed by atoms with Gasteiger partial charge in [-0.1, -0.05) is 12.1 Å². The number of aryl methyl sites for hydroxylation is 1. The van der Waals surface area contributed by atoms with E-state index in [1.165, 1.54) is 12.1 Å². The number of pyridine rings is 1. The molecule has 0 saturated carbocycles. The Bertz CT molecular complexity index is 960. The van der Waals surface area contributed by atoms with Crippen LogP contribution in [0.15, 0.2) is 48.7 Å². The van der Waals surface area contributed by atoms with Crippen LogP contribution >= 0.6 is 0 Å². The fraction of sp³-hybridized carbons (Fsp3) is 0.238. The minimum Gasteiger partial charge on any atom is -0.508 e. The van der Waals surface area contributed by atoms with Crippen LogP contribution in [0.4, 0.5) is 5.82 Å². The molecule has 7 heteroatoms. The van der Waals surface area contributed by atoms with Crippen LogP contribution in [0.5, 0.6) is 5.75 Å². The highest BCUT2D eigenvalue weighted by Crippen LogP contribution is 2.20. The van der Waals surface area contributed by atoms with E-state index in [1.54, 1.807) is 18.3 Å². The van der Waals surface area contributed by atoms with E-state index in [4.69, 9.17) is 0 Å². The van der Waals surface area contributed by atoms with Gasteiger partial charge in [-0.2, -0.15) is 0 Å². The van der Waals surface area contributed by atoms with Crippen molar-refractivity contribution in [3.63, 3.8) is 0 Å². The molecule has 1 amide bonds. The number of benzene rings is 1. The Kier molecular flexibility index (Phi) is 6.16. The fourth-order valence-corrected chi connectivity index (χ4v) is 2.66. The summed E-state index contributed by atoms with van der Waals surface area (Å²) in [5, 5.41) is 15.6. The molecule has 2 heterocycles. The van der Waals surface area contributed by atoms with Crippen LogP contribution < -0.4 is 10.6 Å². The largest absolute Gasteiger partial charge is 0.508 e. The summed E-state index contributed by atoms with van der Waals surface area (Å²) in [5.41, 5.74) is 3.06. The lowest BCUT2D eigenvalue weighted by molar-refractivity contribution is 0.0953. The number of hydrogen-bond donors (Lipinski definition) is 3. The Hall–Kier alpha value is -3.48. The molecule has 3 aromatic rings. The molecule has 0 aliphatic heterocycles. The first-order valence-corrected chi connectivity index (χ1v) is 9.12. The molecular weight excluding hydrogens is 354 g/mol. The lowest BCUT2D eigenvalue weighted by Crippen LogP contribution is -2.25. The van der Waals surface area contributed by atoms with E-state index >= 15 is 0 Å². The highest BCUT2D eigenvalue weighted by Gasteiger charge is 2.10. The number of carbonyl (C=O) groups is 1. The molecule has 0 bridgehead atoms. The van der Waals surface area contributed by atoms with Gasteiger partial charge in [-0.15, -0.1) is 0 Å². The number of phenolic OH excluding ortho intramolecular Hbond substituents is 1. The van der Waals surface area contributed by atoms with Crippen LogP contribution in [0.2, 0.25) is 0 Å². The van der Waals surface area contributed by atoms with Crippen LogP contribution in [0.3, 0.4) is 0 Å². The van der Waals surface area contributed by atoms with Gasteiger partial charge in [0.2, 0.25) is 0 Å². The zero-order valence-corrected chi connectivity index (χ0v) is 15.9. The minimum absolute atomic E-state index is 0.0765. The molecule has 28 heavy (non-hydrogen) atoms. The molecule has 1 aromatic carbocycles. The molecule has 0 radical (unpaired) electrons. The van der Waals surface area contributed by atoms with E-state index in [0.29, 0.717) is 24.5 Å². The van der Waals surface area contributed by atoms with Gasteiger partial charge in [0.15, 0.2) is 5.82 Å². The van der Waals surface area contributed by atoms with Gasteiger partial charge in [-0.3, -0.25) is 9.78 Å². The Balaban J connectivity index is 1.55. The highest BCUT2D eigenvalue weighted by molar-refractivity contribution is 5.94. The summed E-state index contributed by atoms with van der Waals surface area (Å²) in [6.07, 6.45) is 2.45. The van der Waals surface area contributed by atoms with Crippen molar-refractivity contribution in [2.24, 2.45) is 0 Å². The maximum absolute atomic E-state index is 12.1. The quantitative estimate of drug-likeness (QED) is 0.547. The molecule has 0 fully saturated rings. The van der Waals surface area contributed by atoms with E-state index < -0.39 is 0 Å². The monoisotopic (exact) mass is 377 g/mol. The summed E-state index contributed by atoms with van der Waals surface area (Å²) in [7, 11) is 0. The Morgan fingerprint density at radius 3 is 2.68 bits per heavy atom. The highest BCUT2D eigenvalue weighted by atomic mass is 16.3. The summed E-state index contributed by atoms with van der Waals surface area (Å²) in [6, 6.07) is 11.9. The molecule has 0 atom stereocenters. The van der Waals surface area contributed by atoms with Crippen LogP contribution in [0.25, 0.3) is 11.5 Å². The van der Waals surface area contributed by atoms with E-state index in [9.17, 15) is 9.90 Å². The molecule has 0 saturated heterocycles. The third-order valence-corrected chi connectivity index (χ3v) is 4.32.